The Hall–Kier alpha value is -1.63. The molecule has 7 nitrogen and oxygen atoms in total. The highest BCUT2D eigenvalue weighted by molar-refractivity contribution is 5.83. The number of carboxylic acids is 2. The molecule has 0 aromatic heterocycles. The minimum absolute atomic E-state index is 0.0170. The zero-order chi connectivity index (χ0) is 15.6. The number of carbonyl (C=O) groups excluding carboxylic acids is 1. The van der Waals surface area contributed by atoms with Gasteiger partial charge in [0.15, 0.2) is 0 Å². The van der Waals surface area contributed by atoms with Gasteiger partial charge in [-0.1, -0.05) is 6.42 Å². The van der Waals surface area contributed by atoms with Gasteiger partial charge in [-0.05, 0) is 25.7 Å². The van der Waals surface area contributed by atoms with Gasteiger partial charge in [-0.25, -0.2) is 0 Å². The van der Waals surface area contributed by atoms with Crippen LogP contribution in [-0.4, -0.2) is 52.1 Å². The average Bonchev–Trinajstić information content (AvgIpc) is 2.45. The van der Waals surface area contributed by atoms with Crippen LogP contribution in [0.2, 0.25) is 0 Å². The van der Waals surface area contributed by atoms with Gasteiger partial charge in [0.1, 0.15) is 0 Å². The lowest BCUT2D eigenvalue weighted by Gasteiger charge is -2.37. The smallest absolute Gasteiger partial charge is 0.309 e. The number of piperidine rings is 1. The predicted octanol–water partition coefficient (Wildman–Crippen LogP) is 0.138. The predicted molar refractivity (Wildman–Crippen MR) is 73.4 cm³/mol. The zero-order valence-electron chi connectivity index (χ0n) is 11.9. The van der Waals surface area contributed by atoms with Crippen molar-refractivity contribution in [2.45, 2.75) is 38.1 Å². The zero-order valence-corrected chi connectivity index (χ0v) is 11.9. The van der Waals surface area contributed by atoms with Gasteiger partial charge in [-0.2, -0.15) is 0 Å². The van der Waals surface area contributed by atoms with Gasteiger partial charge < -0.3 is 20.8 Å². The first-order valence-electron chi connectivity index (χ1n) is 7.40. The normalized spacial score (nSPS) is 33.5. The highest BCUT2D eigenvalue weighted by Gasteiger charge is 2.41. The number of carbonyl (C=O) groups is 3. The molecule has 118 valence electrons. The van der Waals surface area contributed by atoms with Crippen molar-refractivity contribution < 1.29 is 24.6 Å². The third-order valence-corrected chi connectivity index (χ3v) is 4.62. The fraction of sp³-hybridized carbons (Fsp3) is 0.786. The van der Waals surface area contributed by atoms with Crippen molar-refractivity contribution in [2.24, 2.45) is 23.5 Å². The molecule has 1 heterocycles. The summed E-state index contributed by atoms with van der Waals surface area (Å²) in [6.45, 7) is 0.294. The molecule has 1 amide bonds. The Morgan fingerprint density at radius 3 is 2.24 bits per heavy atom. The second-order valence-electron chi connectivity index (χ2n) is 6.09. The summed E-state index contributed by atoms with van der Waals surface area (Å²) >= 11 is 0. The van der Waals surface area contributed by atoms with Gasteiger partial charge in [-0.3, -0.25) is 14.4 Å². The van der Waals surface area contributed by atoms with E-state index in [1.807, 2.05) is 0 Å². The minimum atomic E-state index is -1.15. The molecular formula is C14H22N2O5. The van der Waals surface area contributed by atoms with Crippen molar-refractivity contribution in [1.82, 2.24) is 4.90 Å². The van der Waals surface area contributed by atoms with E-state index in [4.69, 9.17) is 10.8 Å². The molecule has 21 heavy (non-hydrogen) atoms. The molecule has 0 aromatic rings. The number of nitrogens with zero attached hydrogens (tertiary/aromatic N) is 1. The van der Waals surface area contributed by atoms with Crippen LogP contribution in [-0.2, 0) is 14.4 Å². The lowest BCUT2D eigenvalue weighted by atomic mass is 9.82. The number of nitrogens with two attached hydrogens (primary N) is 1. The topological polar surface area (TPSA) is 121 Å². The lowest BCUT2D eigenvalue weighted by Crippen LogP contribution is -2.51. The van der Waals surface area contributed by atoms with E-state index in [1.54, 1.807) is 0 Å². The Labute approximate surface area is 123 Å². The van der Waals surface area contributed by atoms with Crippen LogP contribution < -0.4 is 5.73 Å². The number of carboxylic acid groups (broad SMARTS) is 2. The van der Waals surface area contributed by atoms with Crippen LogP contribution in [0.5, 0.6) is 0 Å². The van der Waals surface area contributed by atoms with Gasteiger partial charge in [0.25, 0.3) is 0 Å². The summed E-state index contributed by atoms with van der Waals surface area (Å²) in [5.74, 6) is -4.42. The second kappa shape index (κ2) is 6.43. The van der Waals surface area contributed by atoms with Crippen LogP contribution >= 0.6 is 0 Å². The number of likely N-dealkylation sites (tertiary alicyclic amines) is 1. The SMILES string of the molecule is NC1CCCC(C(=O)N2CCC(C(=O)O)C(C(=O)O)C2)C1. The van der Waals surface area contributed by atoms with Crippen molar-refractivity contribution >= 4 is 17.8 Å². The summed E-state index contributed by atoms with van der Waals surface area (Å²) in [4.78, 5) is 36.3. The van der Waals surface area contributed by atoms with Crippen LogP contribution in [0, 0.1) is 17.8 Å². The van der Waals surface area contributed by atoms with Crippen LogP contribution in [0.1, 0.15) is 32.1 Å². The molecule has 0 radical (unpaired) electrons. The van der Waals surface area contributed by atoms with Gasteiger partial charge in [-0.15, -0.1) is 0 Å². The molecule has 1 aliphatic heterocycles. The number of hydrogen-bond acceptors (Lipinski definition) is 4. The largest absolute Gasteiger partial charge is 0.481 e. The maximum Gasteiger partial charge on any atom is 0.309 e. The van der Waals surface area contributed by atoms with Gasteiger partial charge in [0.05, 0.1) is 11.8 Å². The molecule has 0 spiro atoms. The standard InChI is InChI=1S/C14H22N2O5/c15-9-3-1-2-8(6-9)12(17)16-5-4-10(13(18)19)11(7-16)14(20)21/h8-11H,1-7,15H2,(H,18,19)(H,20,21). The fourth-order valence-corrected chi connectivity index (χ4v) is 3.41. The molecule has 1 saturated carbocycles. The van der Waals surface area contributed by atoms with E-state index in [-0.39, 0.29) is 30.8 Å². The Kier molecular flexibility index (Phi) is 4.82. The molecule has 4 atom stereocenters. The van der Waals surface area contributed by atoms with Crippen molar-refractivity contribution in [3.05, 3.63) is 0 Å². The number of amides is 1. The summed E-state index contributed by atoms with van der Waals surface area (Å²) in [5.41, 5.74) is 5.89. The second-order valence-corrected chi connectivity index (χ2v) is 6.09. The summed E-state index contributed by atoms with van der Waals surface area (Å²) in [7, 11) is 0. The van der Waals surface area contributed by atoms with Gasteiger partial charge in [0.2, 0.25) is 5.91 Å². The first-order chi connectivity index (χ1) is 9.90. The highest BCUT2D eigenvalue weighted by atomic mass is 16.4. The Morgan fingerprint density at radius 2 is 1.67 bits per heavy atom. The Balaban J connectivity index is 2.03. The summed E-state index contributed by atoms with van der Waals surface area (Å²) in [6, 6.07) is 0.0273. The molecule has 4 unspecified atom stereocenters. The van der Waals surface area contributed by atoms with E-state index in [0.29, 0.717) is 13.0 Å². The lowest BCUT2D eigenvalue weighted by molar-refractivity contribution is -0.160. The van der Waals surface area contributed by atoms with Crippen molar-refractivity contribution in [2.75, 3.05) is 13.1 Å². The van der Waals surface area contributed by atoms with Crippen molar-refractivity contribution in [3.63, 3.8) is 0 Å². The summed E-state index contributed by atoms with van der Waals surface area (Å²) in [6.07, 6.45) is 3.43. The maximum atomic E-state index is 12.5. The van der Waals surface area contributed by atoms with Gasteiger partial charge >= 0.3 is 11.9 Å². The van der Waals surface area contributed by atoms with E-state index in [0.717, 1.165) is 19.3 Å². The average molecular weight is 298 g/mol. The maximum absolute atomic E-state index is 12.5. The molecule has 2 aliphatic rings. The van der Waals surface area contributed by atoms with E-state index in [9.17, 15) is 19.5 Å². The van der Waals surface area contributed by atoms with Crippen LogP contribution in [0.15, 0.2) is 0 Å². The molecule has 0 bridgehead atoms. The summed E-state index contributed by atoms with van der Waals surface area (Å²) < 4.78 is 0. The van der Waals surface area contributed by atoms with Crippen LogP contribution in [0.4, 0.5) is 0 Å². The fourth-order valence-electron chi connectivity index (χ4n) is 3.41. The molecule has 0 aromatic carbocycles. The van der Waals surface area contributed by atoms with E-state index < -0.39 is 23.8 Å². The van der Waals surface area contributed by atoms with E-state index >= 15 is 0 Å². The molecule has 2 rings (SSSR count). The van der Waals surface area contributed by atoms with E-state index in [2.05, 4.69) is 0 Å². The first kappa shape index (κ1) is 15.8. The minimum Gasteiger partial charge on any atom is -0.481 e. The monoisotopic (exact) mass is 298 g/mol. The first-order valence-corrected chi connectivity index (χ1v) is 7.40. The molecular weight excluding hydrogens is 276 g/mol. The Bertz CT molecular complexity index is 439. The quantitative estimate of drug-likeness (QED) is 0.681. The molecule has 1 saturated heterocycles. The number of rotatable bonds is 3. The Morgan fingerprint density at radius 1 is 1.00 bits per heavy atom. The highest BCUT2D eigenvalue weighted by Crippen LogP contribution is 2.29. The van der Waals surface area contributed by atoms with Crippen molar-refractivity contribution in [3.8, 4) is 0 Å². The molecule has 7 heteroatoms. The van der Waals surface area contributed by atoms with Gasteiger partial charge in [0, 0.05) is 25.0 Å². The summed E-state index contributed by atoms with van der Waals surface area (Å²) in [5, 5.41) is 18.3. The van der Waals surface area contributed by atoms with Crippen LogP contribution in [0.25, 0.3) is 0 Å². The molecule has 2 fully saturated rings. The van der Waals surface area contributed by atoms with Crippen molar-refractivity contribution in [1.29, 1.82) is 0 Å². The number of hydrogen-bond donors (Lipinski definition) is 3. The van der Waals surface area contributed by atoms with E-state index in [1.165, 1.54) is 4.90 Å². The third kappa shape index (κ3) is 3.53. The number of aliphatic carboxylic acids is 2. The molecule has 1 aliphatic carbocycles. The molecule has 4 N–H and O–H groups in total. The third-order valence-electron chi connectivity index (χ3n) is 4.62. The van der Waals surface area contributed by atoms with Crippen LogP contribution in [0.3, 0.4) is 0 Å².